The van der Waals surface area contributed by atoms with Crippen LogP contribution in [0.25, 0.3) is 22.4 Å². The Morgan fingerprint density at radius 3 is 2.55 bits per heavy atom. The fourth-order valence-electron chi connectivity index (χ4n) is 3.17. The number of benzene rings is 3. The molecule has 0 radical (unpaired) electrons. The van der Waals surface area contributed by atoms with Gasteiger partial charge in [0.2, 0.25) is 0 Å². The number of imidazole rings is 1. The molecule has 0 aliphatic carbocycles. The molecule has 0 unspecified atom stereocenters. The second kappa shape index (κ2) is 9.21. The molecule has 7 heteroatoms. The van der Waals surface area contributed by atoms with Crippen LogP contribution in [0.1, 0.15) is 6.92 Å². The van der Waals surface area contributed by atoms with Crippen molar-refractivity contribution in [3.63, 3.8) is 0 Å². The number of hydrogen-bond acceptors (Lipinski definition) is 5. The molecule has 4 rings (SSSR count). The first-order valence-electron chi connectivity index (χ1n) is 9.95. The van der Waals surface area contributed by atoms with Crippen LogP contribution in [0.5, 0.6) is 17.2 Å². The number of para-hydroxylation sites is 2. The highest BCUT2D eigenvalue weighted by Crippen LogP contribution is 2.32. The van der Waals surface area contributed by atoms with E-state index in [1.165, 1.54) is 0 Å². The number of carbonyl (C=O) groups excluding carboxylic acids is 1. The lowest BCUT2D eigenvalue weighted by molar-refractivity contribution is -0.118. The maximum Gasteiger partial charge on any atom is 0.262 e. The summed E-state index contributed by atoms with van der Waals surface area (Å²) in [5.74, 6) is 2.22. The maximum atomic E-state index is 12.3. The van der Waals surface area contributed by atoms with Gasteiger partial charge >= 0.3 is 0 Å². The van der Waals surface area contributed by atoms with Crippen LogP contribution in [0.3, 0.4) is 0 Å². The molecule has 4 aromatic rings. The second-order valence-corrected chi connectivity index (χ2v) is 6.76. The number of rotatable bonds is 8. The molecule has 0 saturated heterocycles. The number of aromatic nitrogens is 2. The van der Waals surface area contributed by atoms with Gasteiger partial charge in [-0.25, -0.2) is 4.98 Å². The quantitative estimate of drug-likeness (QED) is 0.436. The Balaban J connectivity index is 1.41. The predicted octanol–water partition coefficient (Wildman–Crippen LogP) is 4.65. The fraction of sp³-hybridized carbons (Fsp3) is 0.167. The van der Waals surface area contributed by atoms with Crippen LogP contribution in [-0.2, 0) is 4.79 Å². The Morgan fingerprint density at radius 1 is 1.00 bits per heavy atom. The van der Waals surface area contributed by atoms with Gasteiger partial charge in [0.05, 0.1) is 24.8 Å². The van der Waals surface area contributed by atoms with E-state index < -0.39 is 0 Å². The molecule has 0 fully saturated rings. The number of hydrogen-bond donors (Lipinski definition) is 2. The van der Waals surface area contributed by atoms with Gasteiger partial charge in [0.25, 0.3) is 5.91 Å². The SMILES string of the molecule is CCOc1ccc(NC(=O)COc2ccc(-c3nc4ccccc4[nH]3)cc2OC)cc1. The van der Waals surface area contributed by atoms with Crippen LogP contribution in [-0.4, -0.2) is 36.2 Å². The van der Waals surface area contributed by atoms with Crippen LogP contribution < -0.4 is 19.5 Å². The summed E-state index contributed by atoms with van der Waals surface area (Å²) in [6.45, 7) is 2.37. The minimum Gasteiger partial charge on any atom is -0.494 e. The number of H-pyrrole nitrogens is 1. The standard InChI is InChI=1S/C24H23N3O4/c1-3-30-18-11-9-17(10-12-18)25-23(28)15-31-21-13-8-16(14-22(21)29-2)24-26-19-6-4-5-7-20(19)27-24/h4-14H,3,15H2,1-2H3,(H,25,28)(H,26,27). The van der Waals surface area contributed by atoms with Gasteiger partial charge in [0, 0.05) is 11.3 Å². The van der Waals surface area contributed by atoms with Crippen molar-refractivity contribution in [2.45, 2.75) is 6.92 Å². The number of fused-ring (bicyclic) bond motifs is 1. The summed E-state index contributed by atoms with van der Waals surface area (Å²) >= 11 is 0. The van der Waals surface area contributed by atoms with E-state index in [1.54, 1.807) is 37.4 Å². The summed E-state index contributed by atoms with van der Waals surface area (Å²) in [7, 11) is 1.56. The molecule has 31 heavy (non-hydrogen) atoms. The first-order chi connectivity index (χ1) is 15.2. The van der Waals surface area contributed by atoms with Gasteiger partial charge in [0.1, 0.15) is 11.6 Å². The zero-order valence-electron chi connectivity index (χ0n) is 17.3. The molecule has 0 spiro atoms. The lowest BCUT2D eigenvalue weighted by atomic mass is 10.2. The van der Waals surface area contributed by atoms with Crippen molar-refractivity contribution in [3.05, 3.63) is 66.7 Å². The zero-order valence-corrected chi connectivity index (χ0v) is 17.3. The smallest absolute Gasteiger partial charge is 0.262 e. The van der Waals surface area contributed by atoms with Gasteiger partial charge < -0.3 is 24.5 Å². The highest BCUT2D eigenvalue weighted by Gasteiger charge is 2.12. The Bertz CT molecular complexity index is 1150. The van der Waals surface area contributed by atoms with Crippen molar-refractivity contribution < 1.29 is 19.0 Å². The van der Waals surface area contributed by atoms with Gasteiger partial charge in [-0.3, -0.25) is 4.79 Å². The van der Waals surface area contributed by atoms with E-state index in [-0.39, 0.29) is 12.5 Å². The molecule has 3 aromatic carbocycles. The number of aromatic amines is 1. The van der Waals surface area contributed by atoms with Crippen LogP contribution >= 0.6 is 0 Å². The summed E-state index contributed by atoms with van der Waals surface area (Å²) < 4.78 is 16.5. The molecule has 0 bridgehead atoms. The number of anilines is 1. The zero-order chi connectivity index (χ0) is 21.6. The van der Waals surface area contributed by atoms with Gasteiger partial charge in [-0.2, -0.15) is 0 Å². The van der Waals surface area contributed by atoms with Crippen molar-refractivity contribution in [1.82, 2.24) is 9.97 Å². The molecule has 158 valence electrons. The monoisotopic (exact) mass is 417 g/mol. The molecule has 1 amide bonds. The molecule has 1 aromatic heterocycles. The van der Waals surface area contributed by atoms with Crippen LogP contribution in [0.2, 0.25) is 0 Å². The summed E-state index contributed by atoms with van der Waals surface area (Å²) in [4.78, 5) is 20.2. The average Bonchev–Trinajstić information content (AvgIpc) is 3.23. The van der Waals surface area contributed by atoms with Crippen molar-refractivity contribution in [2.75, 3.05) is 25.6 Å². The molecule has 0 atom stereocenters. The minimum atomic E-state index is -0.271. The number of carbonyl (C=O) groups is 1. The lowest BCUT2D eigenvalue weighted by Gasteiger charge is -2.12. The number of ether oxygens (including phenoxy) is 3. The third kappa shape index (κ3) is 4.78. The van der Waals surface area contributed by atoms with E-state index >= 15 is 0 Å². The van der Waals surface area contributed by atoms with Crippen molar-refractivity contribution in [1.29, 1.82) is 0 Å². The number of methoxy groups -OCH3 is 1. The van der Waals surface area contributed by atoms with E-state index in [2.05, 4.69) is 15.3 Å². The first kappa shape index (κ1) is 20.3. The third-order valence-electron chi connectivity index (χ3n) is 4.63. The summed E-state index contributed by atoms with van der Waals surface area (Å²) in [5, 5.41) is 2.80. The molecular weight excluding hydrogens is 394 g/mol. The van der Waals surface area contributed by atoms with Crippen molar-refractivity contribution in [2.24, 2.45) is 0 Å². The van der Waals surface area contributed by atoms with Crippen LogP contribution in [0.4, 0.5) is 5.69 Å². The molecule has 0 saturated carbocycles. The van der Waals surface area contributed by atoms with Crippen LogP contribution in [0, 0.1) is 0 Å². The van der Waals surface area contributed by atoms with E-state index in [4.69, 9.17) is 14.2 Å². The molecule has 0 aliphatic heterocycles. The topological polar surface area (TPSA) is 85.5 Å². The van der Waals surface area contributed by atoms with Gasteiger partial charge in [0.15, 0.2) is 18.1 Å². The highest BCUT2D eigenvalue weighted by atomic mass is 16.5. The van der Waals surface area contributed by atoms with Crippen molar-refractivity contribution in [3.8, 4) is 28.6 Å². The van der Waals surface area contributed by atoms with Crippen molar-refractivity contribution >= 4 is 22.6 Å². The Hall–Kier alpha value is -4.00. The normalized spacial score (nSPS) is 10.6. The predicted molar refractivity (Wildman–Crippen MR) is 120 cm³/mol. The molecule has 2 N–H and O–H groups in total. The number of amides is 1. The maximum absolute atomic E-state index is 12.3. The van der Waals surface area contributed by atoms with E-state index in [9.17, 15) is 4.79 Å². The van der Waals surface area contributed by atoms with Gasteiger partial charge in [-0.15, -0.1) is 0 Å². The summed E-state index contributed by atoms with van der Waals surface area (Å²) in [6.07, 6.45) is 0. The van der Waals surface area contributed by atoms with E-state index in [1.807, 2.05) is 43.3 Å². The summed E-state index contributed by atoms with van der Waals surface area (Å²) in [5.41, 5.74) is 3.38. The molecule has 0 aliphatic rings. The lowest BCUT2D eigenvalue weighted by Crippen LogP contribution is -2.20. The average molecular weight is 417 g/mol. The molecule has 7 nitrogen and oxygen atoms in total. The number of nitrogens with zero attached hydrogens (tertiary/aromatic N) is 1. The summed E-state index contributed by atoms with van der Waals surface area (Å²) in [6, 6.07) is 20.5. The fourth-order valence-corrected chi connectivity index (χ4v) is 3.17. The first-order valence-corrected chi connectivity index (χ1v) is 9.95. The molecular formula is C24H23N3O4. The number of nitrogens with one attached hydrogen (secondary N) is 2. The van der Waals surface area contributed by atoms with Gasteiger partial charge in [-0.05, 0) is 61.5 Å². The largest absolute Gasteiger partial charge is 0.494 e. The second-order valence-electron chi connectivity index (χ2n) is 6.76. The minimum absolute atomic E-state index is 0.145. The van der Waals surface area contributed by atoms with E-state index in [0.29, 0.717) is 23.8 Å². The third-order valence-corrected chi connectivity index (χ3v) is 4.63. The highest BCUT2D eigenvalue weighted by molar-refractivity contribution is 5.92. The Labute approximate surface area is 180 Å². The Morgan fingerprint density at radius 2 is 1.81 bits per heavy atom. The van der Waals surface area contributed by atoms with Gasteiger partial charge in [-0.1, -0.05) is 12.1 Å². The van der Waals surface area contributed by atoms with E-state index in [0.717, 1.165) is 28.2 Å². The molecule has 1 heterocycles. The van der Waals surface area contributed by atoms with Crippen LogP contribution in [0.15, 0.2) is 66.7 Å². The Kier molecular flexibility index (Phi) is 6.03.